The lowest BCUT2D eigenvalue weighted by atomic mass is 9.72. The fraction of sp³-hybridized carbons (Fsp3) is 0.545. The molecule has 0 aromatic heterocycles. The molecule has 2 aromatic carbocycles. The van der Waals surface area contributed by atoms with E-state index in [0.717, 1.165) is 18.1 Å². The number of fused-ring (bicyclic) bond motifs is 1. The molecule has 0 amide bonds. The topological polar surface area (TPSA) is 9.23 Å². The Balaban J connectivity index is 1.66. The standard InChI is InChI=1S/C22H30O/c1-5-16-6-7-18-15-21(11-8-17(18)14-16)23-20-12-9-19(10-13-20)22(2,3)4/h6-8,11,14-15,19-20H,5,9-10,12-13H2,1-4H3/t19-,20-. The monoisotopic (exact) mass is 310 g/mol. The molecule has 1 saturated carbocycles. The van der Waals surface area contributed by atoms with Crippen molar-refractivity contribution in [3.63, 3.8) is 0 Å². The first-order valence-corrected chi connectivity index (χ1v) is 9.15. The zero-order chi connectivity index (χ0) is 16.4. The summed E-state index contributed by atoms with van der Waals surface area (Å²) in [5.74, 6) is 1.87. The van der Waals surface area contributed by atoms with Gasteiger partial charge in [-0.05, 0) is 71.9 Å². The zero-order valence-corrected chi connectivity index (χ0v) is 15.1. The van der Waals surface area contributed by atoms with Gasteiger partial charge >= 0.3 is 0 Å². The molecule has 23 heavy (non-hydrogen) atoms. The maximum absolute atomic E-state index is 6.28. The van der Waals surface area contributed by atoms with Crippen molar-refractivity contribution in [1.82, 2.24) is 0 Å². The summed E-state index contributed by atoms with van der Waals surface area (Å²) in [6.45, 7) is 9.30. The highest BCUT2D eigenvalue weighted by Crippen LogP contribution is 2.38. The Morgan fingerprint density at radius 3 is 2.22 bits per heavy atom. The first-order chi connectivity index (χ1) is 11.0. The quantitative estimate of drug-likeness (QED) is 0.638. The summed E-state index contributed by atoms with van der Waals surface area (Å²) < 4.78 is 6.28. The van der Waals surface area contributed by atoms with Crippen LogP contribution in [0.5, 0.6) is 5.75 Å². The molecular weight excluding hydrogens is 280 g/mol. The van der Waals surface area contributed by atoms with Gasteiger partial charge in [0.15, 0.2) is 0 Å². The number of benzene rings is 2. The second-order valence-electron chi connectivity index (χ2n) is 8.15. The molecule has 3 rings (SSSR count). The van der Waals surface area contributed by atoms with Crippen molar-refractivity contribution >= 4 is 10.8 Å². The number of hydrogen-bond donors (Lipinski definition) is 0. The number of ether oxygens (including phenoxy) is 1. The van der Waals surface area contributed by atoms with Crippen LogP contribution >= 0.6 is 0 Å². The van der Waals surface area contributed by atoms with Crippen LogP contribution in [0.1, 0.15) is 58.9 Å². The Morgan fingerprint density at radius 1 is 0.913 bits per heavy atom. The second kappa shape index (κ2) is 6.55. The molecular formula is C22H30O. The highest BCUT2D eigenvalue weighted by Gasteiger charge is 2.30. The minimum atomic E-state index is 0.390. The zero-order valence-electron chi connectivity index (χ0n) is 15.1. The average molecular weight is 310 g/mol. The minimum Gasteiger partial charge on any atom is -0.490 e. The van der Waals surface area contributed by atoms with Crippen LogP contribution in [0.15, 0.2) is 36.4 Å². The minimum absolute atomic E-state index is 0.390. The van der Waals surface area contributed by atoms with E-state index in [0.29, 0.717) is 11.5 Å². The van der Waals surface area contributed by atoms with Crippen LogP contribution in [-0.4, -0.2) is 6.10 Å². The maximum atomic E-state index is 6.28. The lowest BCUT2D eigenvalue weighted by Crippen LogP contribution is -2.30. The summed E-state index contributed by atoms with van der Waals surface area (Å²) >= 11 is 0. The molecule has 0 unspecified atom stereocenters. The Hall–Kier alpha value is -1.50. The van der Waals surface area contributed by atoms with Crippen LogP contribution in [-0.2, 0) is 6.42 Å². The lowest BCUT2D eigenvalue weighted by Gasteiger charge is -2.37. The van der Waals surface area contributed by atoms with Gasteiger partial charge in [-0.2, -0.15) is 0 Å². The van der Waals surface area contributed by atoms with Gasteiger partial charge in [-0.25, -0.2) is 0 Å². The first-order valence-electron chi connectivity index (χ1n) is 9.15. The van der Waals surface area contributed by atoms with Crippen molar-refractivity contribution in [2.45, 2.75) is 65.9 Å². The first kappa shape index (κ1) is 16.4. The lowest BCUT2D eigenvalue weighted by molar-refractivity contribution is 0.0883. The maximum Gasteiger partial charge on any atom is 0.120 e. The fourth-order valence-corrected chi connectivity index (χ4v) is 3.81. The van der Waals surface area contributed by atoms with Crippen molar-refractivity contribution in [3.8, 4) is 5.75 Å². The van der Waals surface area contributed by atoms with Crippen molar-refractivity contribution in [3.05, 3.63) is 42.0 Å². The van der Waals surface area contributed by atoms with Gasteiger partial charge in [0.2, 0.25) is 0 Å². The molecule has 1 heteroatoms. The largest absolute Gasteiger partial charge is 0.490 e. The molecule has 0 spiro atoms. The molecule has 124 valence electrons. The van der Waals surface area contributed by atoms with Gasteiger partial charge in [-0.3, -0.25) is 0 Å². The third kappa shape index (κ3) is 3.88. The van der Waals surface area contributed by atoms with E-state index in [2.05, 4.69) is 64.1 Å². The fourth-order valence-electron chi connectivity index (χ4n) is 3.81. The molecule has 1 aliphatic rings. The van der Waals surface area contributed by atoms with Gasteiger partial charge in [0.25, 0.3) is 0 Å². The van der Waals surface area contributed by atoms with Gasteiger partial charge in [0.1, 0.15) is 5.75 Å². The smallest absolute Gasteiger partial charge is 0.120 e. The predicted octanol–water partition coefficient (Wildman–Crippen LogP) is 6.39. The van der Waals surface area contributed by atoms with Gasteiger partial charge in [0.05, 0.1) is 6.10 Å². The van der Waals surface area contributed by atoms with E-state index in [1.807, 2.05) is 0 Å². The third-order valence-corrected chi connectivity index (χ3v) is 5.49. The molecule has 0 bridgehead atoms. The van der Waals surface area contributed by atoms with Gasteiger partial charge in [-0.1, -0.05) is 52.0 Å². The third-order valence-electron chi connectivity index (χ3n) is 5.49. The van der Waals surface area contributed by atoms with E-state index in [9.17, 15) is 0 Å². The van der Waals surface area contributed by atoms with E-state index in [4.69, 9.17) is 4.74 Å². The van der Waals surface area contributed by atoms with E-state index in [1.54, 1.807) is 0 Å². The normalized spacial score (nSPS) is 22.3. The average Bonchev–Trinajstić information content (AvgIpc) is 2.54. The molecule has 1 nitrogen and oxygen atoms in total. The summed E-state index contributed by atoms with van der Waals surface area (Å²) in [6, 6.07) is 13.3. The van der Waals surface area contributed by atoms with E-state index in [-0.39, 0.29) is 0 Å². The SMILES string of the molecule is CCc1ccc2cc(O[C@H]3CC[C@H](C(C)(C)C)CC3)ccc2c1. The van der Waals surface area contributed by atoms with Crippen molar-refractivity contribution in [2.75, 3.05) is 0 Å². The molecule has 0 heterocycles. The van der Waals surface area contributed by atoms with E-state index >= 15 is 0 Å². The Kier molecular flexibility index (Phi) is 4.66. The van der Waals surface area contributed by atoms with Crippen LogP contribution < -0.4 is 4.74 Å². The van der Waals surface area contributed by atoms with Gasteiger partial charge in [0, 0.05) is 0 Å². The molecule has 0 atom stereocenters. The van der Waals surface area contributed by atoms with Crippen LogP contribution in [0.4, 0.5) is 0 Å². The molecule has 2 aromatic rings. The predicted molar refractivity (Wildman–Crippen MR) is 99.2 cm³/mol. The number of rotatable bonds is 3. The summed E-state index contributed by atoms with van der Waals surface area (Å²) in [5, 5.41) is 2.59. The van der Waals surface area contributed by atoms with Crippen LogP contribution in [0.3, 0.4) is 0 Å². The van der Waals surface area contributed by atoms with E-state index < -0.39 is 0 Å². The highest BCUT2D eigenvalue weighted by atomic mass is 16.5. The number of aryl methyl sites for hydroxylation is 1. The van der Waals surface area contributed by atoms with E-state index in [1.165, 1.54) is 42.0 Å². The Bertz CT molecular complexity index is 657. The van der Waals surface area contributed by atoms with Crippen molar-refractivity contribution < 1.29 is 4.74 Å². The van der Waals surface area contributed by atoms with Gasteiger partial charge < -0.3 is 4.74 Å². The highest BCUT2D eigenvalue weighted by molar-refractivity contribution is 5.84. The number of hydrogen-bond acceptors (Lipinski definition) is 1. The molecule has 1 aliphatic carbocycles. The van der Waals surface area contributed by atoms with Gasteiger partial charge in [-0.15, -0.1) is 0 Å². The molecule has 1 fully saturated rings. The summed E-state index contributed by atoms with van der Waals surface area (Å²) in [4.78, 5) is 0. The van der Waals surface area contributed by atoms with Crippen LogP contribution in [0.25, 0.3) is 10.8 Å². The van der Waals surface area contributed by atoms with Crippen LogP contribution in [0, 0.1) is 11.3 Å². The summed E-state index contributed by atoms with van der Waals surface area (Å²) in [7, 11) is 0. The Labute approximate surface area is 141 Å². The molecule has 0 radical (unpaired) electrons. The van der Waals surface area contributed by atoms with Crippen LogP contribution in [0.2, 0.25) is 0 Å². The molecule has 0 N–H and O–H groups in total. The summed E-state index contributed by atoms with van der Waals surface area (Å²) in [6.07, 6.45) is 6.44. The second-order valence-corrected chi connectivity index (χ2v) is 8.15. The molecule has 0 aliphatic heterocycles. The summed E-state index contributed by atoms with van der Waals surface area (Å²) in [5.41, 5.74) is 1.83. The van der Waals surface area contributed by atoms with Crippen molar-refractivity contribution in [2.24, 2.45) is 11.3 Å². The van der Waals surface area contributed by atoms with Crippen molar-refractivity contribution in [1.29, 1.82) is 0 Å². The Morgan fingerprint density at radius 2 is 1.57 bits per heavy atom. The molecule has 0 saturated heterocycles.